The van der Waals surface area contributed by atoms with E-state index in [0.29, 0.717) is 82.5 Å². The predicted octanol–water partition coefficient (Wildman–Crippen LogP) is 8.78. The van der Waals surface area contributed by atoms with Gasteiger partial charge in [0.2, 0.25) is 11.8 Å². The molecule has 8 rings (SSSR count). The highest BCUT2D eigenvalue weighted by Crippen LogP contribution is 2.45. The van der Waals surface area contributed by atoms with Crippen LogP contribution in [-0.4, -0.2) is 157 Å². The Bertz CT molecular complexity index is 3260. The zero-order valence-electron chi connectivity index (χ0n) is 52.3. The highest BCUT2D eigenvalue weighted by molar-refractivity contribution is 7.86. The van der Waals surface area contributed by atoms with Crippen LogP contribution in [0.2, 0.25) is 0 Å². The molecule has 2 heterocycles. The topological polar surface area (TPSA) is 246 Å². The number of nitrogens with zero attached hydrogens (tertiary/aromatic N) is 2. The second-order valence-electron chi connectivity index (χ2n) is 22.1. The number of methoxy groups -OCH3 is 8. The summed E-state index contributed by atoms with van der Waals surface area (Å²) in [4.78, 5) is 26.2. The number of amides is 2. The number of likely N-dealkylation sites (N-methyl/N-ethyl adjacent to an activating group) is 2. The summed E-state index contributed by atoms with van der Waals surface area (Å²) in [6, 6.07) is 35.2. The van der Waals surface area contributed by atoms with E-state index in [1.54, 1.807) is 69.0 Å². The Kier molecular flexibility index (Phi) is 25.7. The van der Waals surface area contributed by atoms with E-state index in [0.717, 1.165) is 87.1 Å². The molecule has 0 fully saturated rings. The van der Waals surface area contributed by atoms with Crippen molar-refractivity contribution in [2.75, 3.05) is 110 Å². The van der Waals surface area contributed by atoms with Crippen molar-refractivity contribution in [2.24, 2.45) is 0 Å². The van der Waals surface area contributed by atoms with Gasteiger partial charge in [0.25, 0.3) is 0 Å². The van der Waals surface area contributed by atoms with Crippen LogP contribution in [0, 0.1) is 0 Å². The van der Waals surface area contributed by atoms with E-state index in [1.165, 1.54) is 70.8 Å². The van der Waals surface area contributed by atoms with Gasteiger partial charge in [-0.2, -0.15) is 0 Å². The van der Waals surface area contributed by atoms with Crippen LogP contribution in [0.25, 0.3) is 0 Å². The minimum Gasteiger partial charge on any atom is -0.744 e. The summed E-state index contributed by atoms with van der Waals surface area (Å²) in [7, 11) is 9.29. The van der Waals surface area contributed by atoms with E-state index < -0.39 is 20.2 Å². The first-order chi connectivity index (χ1) is 42.1. The van der Waals surface area contributed by atoms with E-state index >= 15 is 0 Å². The smallest absolute Gasteiger partial charge is 0.225 e. The SMILES string of the molecule is COc1ccc(CC2c3cc(OC)c(OC)cc3CC[N+]2(C)CCC(=O)NCCCCCCNC(=O)CC[N+]2(C)CCc3cc(OC)c(OC)cc3C2Cc2ccc(OC)c(OC)c2)cc1OC.O=S(=O)([O-])c1ccccc1.O=S(=O)([O-])c1ccccc1. The molecule has 20 nitrogen and oxygen atoms in total. The maximum Gasteiger partial charge on any atom is 0.225 e. The molecule has 4 unspecified atom stereocenters. The van der Waals surface area contributed by atoms with Gasteiger partial charge < -0.3 is 66.6 Å². The molecule has 0 saturated carbocycles. The molecule has 6 aromatic carbocycles. The average molecular weight is 1260 g/mol. The van der Waals surface area contributed by atoms with Crippen LogP contribution in [0.3, 0.4) is 0 Å². The predicted molar refractivity (Wildman–Crippen MR) is 333 cm³/mol. The highest BCUT2D eigenvalue weighted by atomic mass is 32.2. The maximum atomic E-state index is 13.3. The molecule has 0 aromatic heterocycles. The Hall–Kier alpha value is -7.60. The molecule has 2 N–H and O–H groups in total. The summed E-state index contributed by atoms with van der Waals surface area (Å²) < 4.78 is 108. The van der Waals surface area contributed by atoms with Crippen molar-refractivity contribution in [3.8, 4) is 46.0 Å². The molecule has 2 aliphatic rings. The Balaban J connectivity index is 0.000000519. The largest absolute Gasteiger partial charge is 0.744 e. The molecular formula is C66H86N4O16S2. The van der Waals surface area contributed by atoms with Gasteiger partial charge in [0, 0.05) is 49.9 Å². The van der Waals surface area contributed by atoms with Crippen LogP contribution >= 0.6 is 0 Å². The van der Waals surface area contributed by atoms with E-state index in [9.17, 15) is 35.5 Å². The van der Waals surface area contributed by atoms with E-state index in [-0.39, 0.29) is 33.7 Å². The zero-order valence-corrected chi connectivity index (χ0v) is 53.9. The Morgan fingerprint density at radius 2 is 0.761 bits per heavy atom. The Labute approximate surface area is 519 Å². The zero-order chi connectivity index (χ0) is 64.1. The van der Waals surface area contributed by atoms with Crippen molar-refractivity contribution in [1.82, 2.24) is 10.6 Å². The van der Waals surface area contributed by atoms with Crippen molar-refractivity contribution in [3.63, 3.8) is 0 Å². The summed E-state index contributed by atoms with van der Waals surface area (Å²) in [6.07, 6.45) is 7.83. The minimum atomic E-state index is -4.25. The van der Waals surface area contributed by atoms with Gasteiger partial charge in [-0.05, 0) is 108 Å². The normalized spacial score (nSPS) is 17.6. The number of hydrogen-bond acceptors (Lipinski definition) is 16. The lowest BCUT2D eigenvalue weighted by Crippen LogP contribution is -2.53. The van der Waals surface area contributed by atoms with Crippen LogP contribution < -0.4 is 48.5 Å². The number of hydrogen-bond donors (Lipinski definition) is 2. The summed E-state index contributed by atoms with van der Waals surface area (Å²) in [5.41, 5.74) is 7.17. The molecular weight excluding hydrogens is 1170 g/mol. The number of carbonyl (C=O) groups excluding carboxylic acids is 2. The van der Waals surface area contributed by atoms with Gasteiger partial charge in [0.15, 0.2) is 46.0 Å². The monoisotopic (exact) mass is 1250 g/mol. The second-order valence-corrected chi connectivity index (χ2v) is 24.9. The number of fused-ring (bicyclic) bond motifs is 2. The molecule has 478 valence electrons. The van der Waals surface area contributed by atoms with Gasteiger partial charge in [0.05, 0.1) is 120 Å². The lowest BCUT2D eigenvalue weighted by Gasteiger charge is -2.46. The second kappa shape index (κ2) is 32.6. The third kappa shape index (κ3) is 19.0. The molecule has 0 aliphatic carbocycles. The maximum absolute atomic E-state index is 13.3. The quantitative estimate of drug-likeness (QED) is 0.0278. The van der Waals surface area contributed by atoms with Crippen molar-refractivity contribution in [3.05, 3.63) is 155 Å². The summed E-state index contributed by atoms with van der Waals surface area (Å²) in [5.74, 6) is 5.76. The average Bonchev–Trinajstić information content (AvgIpc) is 1.21. The third-order valence-electron chi connectivity index (χ3n) is 16.6. The number of unbranched alkanes of at least 4 members (excludes halogenated alkanes) is 3. The first kappa shape index (κ1) is 69.5. The molecule has 0 saturated heterocycles. The first-order valence-electron chi connectivity index (χ1n) is 29.2. The van der Waals surface area contributed by atoms with Crippen LogP contribution in [0.1, 0.15) is 84.0 Å². The van der Waals surface area contributed by atoms with Gasteiger partial charge >= 0.3 is 0 Å². The van der Waals surface area contributed by atoms with Crippen LogP contribution in [0.5, 0.6) is 46.0 Å². The molecule has 4 atom stereocenters. The van der Waals surface area contributed by atoms with Gasteiger partial charge in [-0.25, -0.2) is 16.8 Å². The highest BCUT2D eigenvalue weighted by Gasteiger charge is 2.42. The first-order valence-corrected chi connectivity index (χ1v) is 32.0. The number of quaternary nitrogens is 2. The van der Waals surface area contributed by atoms with Crippen molar-refractivity contribution in [2.45, 2.75) is 86.1 Å². The fourth-order valence-corrected chi connectivity index (χ4v) is 12.4. The Morgan fingerprint density at radius 1 is 0.443 bits per heavy atom. The van der Waals surface area contributed by atoms with Crippen LogP contribution in [0.15, 0.2) is 131 Å². The van der Waals surface area contributed by atoms with Crippen molar-refractivity contribution in [1.29, 1.82) is 0 Å². The lowest BCUT2D eigenvalue weighted by molar-refractivity contribution is -0.940. The minimum absolute atomic E-state index is 0.0676. The molecule has 0 radical (unpaired) electrons. The molecule has 0 bridgehead atoms. The van der Waals surface area contributed by atoms with Gasteiger partial charge in [-0.15, -0.1) is 0 Å². The van der Waals surface area contributed by atoms with Crippen LogP contribution in [0.4, 0.5) is 0 Å². The number of carbonyl (C=O) groups is 2. The third-order valence-corrected chi connectivity index (χ3v) is 18.3. The number of rotatable bonds is 27. The summed E-state index contributed by atoms with van der Waals surface area (Å²) in [6.45, 7) is 4.45. The standard InChI is InChI=1S/C54H74N4O10.2C6H6O3S/c1-57(25-19-39-33-49(65-7)51(67-9)35-41(39)43(57)29-37-15-17-45(61-3)47(31-37)63-5)27-21-53(59)55-23-13-11-12-14-24-56-54(60)22-28-58(2)26-20-40-34-50(66-8)52(68-10)36-42(40)44(58)30-38-16-18-46(62-4)48(32-38)64-6;2*7-10(8,9)6-4-2-1-3-5-6/h15-18,31-36,43-44H,11-14,19-30H2,1-10H3;2*1-5H,(H,7,8,9). The van der Waals surface area contributed by atoms with Gasteiger partial charge in [-0.3, -0.25) is 9.59 Å². The summed E-state index contributed by atoms with van der Waals surface area (Å²) in [5, 5.41) is 6.36. The molecule has 6 aromatic rings. The van der Waals surface area contributed by atoms with E-state index in [4.69, 9.17) is 37.9 Å². The number of benzene rings is 6. The molecule has 88 heavy (non-hydrogen) atoms. The number of nitrogens with one attached hydrogen (secondary N) is 2. The molecule has 22 heteroatoms. The fraction of sp³-hybridized carbons (Fsp3) is 0.424. The summed E-state index contributed by atoms with van der Waals surface area (Å²) >= 11 is 0. The van der Waals surface area contributed by atoms with Gasteiger partial charge in [0.1, 0.15) is 32.3 Å². The lowest BCUT2D eigenvalue weighted by atomic mass is 9.86. The van der Waals surface area contributed by atoms with E-state index in [2.05, 4.69) is 61.1 Å². The number of ether oxygens (including phenoxy) is 8. The molecule has 2 amide bonds. The molecule has 0 spiro atoms. The Morgan fingerprint density at radius 3 is 1.07 bits per heavy atom. The van der Waals surface area contributed by atoms with Crippen LogP contribution in [-0.2, 0) is 55.5 Å². The molecule has 2 aliphatic heterocycles. The van der Waals surface area contributed by atoms with E-state index in [1.807, 2.05) is 24.3 Å². The van der Waals surface area contributed by atoms with Gasteiger partial charge in [-0.1, -0.05) is 61.4 Å². The van der Waals surface area contributed by atoms with Crippen molar-refractivity contribution >= 4 is 32.1 Å². The fourth-order valence-electron chi connectivity index (χ4n) is 11.4. The van der Waals surface area contributed by atoms with Crippen molar-refractivity contribution < 1.29 is 82.4 Å².